The molecule has 4 rings (SSSR count). The van der Waals surface area contributed by atoms with Gasteiger partial charge in [-0.05, 0) is 35.7 Å². The summed E-state index contributed by atoms with van der Waals surface area (Å²) in [5.74, 6) is 0. The third-order valence-corrected chi connectivity index (χ3v) is 4.65. The predicted octanol–water partition coefficient (Wildman–Crippen LogP) is 5.69. The fourth-order valence-electron chi connectivity index (χ4n) is 3.00. The lowest BCUT2D eigenvalue weighted by atomic mass is 10.1. The van der Waals surface area contributed by atoms with Gasteiger partial charge in [-0.15, -0.1) is 0 Å². The highest BCUT2D eigenvalue weighted by Gasteiger charge is 2.17. The number of fused-ring (bicyclic) bond motifs is 1. The van der Waals surface area contributed by atoms with Gasteiger partial charge in [-0.1, -0.05) is 66.7 Å². The van der Waals surface area contributed by atoms with Gasteiger partial charge < -0.3 is 9.32 Å². The fourth-order valence-corrected chi connectivity index (χ4v) is 3.00. The fraction of sp³-hybridized carbons (Fsp3) is 0.136. The molecule has 0 N–H and O–H groups in total. The molecule has 0 spiro atoms. The van der Waals surface area contributed by atoms with E-state index in [4.69, 9.17) is 9.40 Å². The summed E-state index contributed by atoms with van der Waals surface area (Å²) in [5, 5.41) is 0. The molecule has 0 aliphatic heterocycles. The molecular weight excluding hydrogens is 308 g/mol. The Morgan fingerprint density at radius 2 is 1.52 bits per heavy atom. The third-order valence-electron chi connectivity index (χ3n) is 4.65. The van der Waals surface area contributed by atoms with Crippen LogP contribution in [0.5, 0.6) is 0 Å². The van der Waals surface area contributed by atoms with Gasteiger partial charge >= 0.3 is 0 Å². The highest BCUT2D eigenvalue weighted by Crippen LogP contribution is 2.30. The summed E-state index contributed by atoms with van der Waals surface area (Å²) in [5.41, 5.74) is 5.24. The monoisotopic (exact) mass is 328 g/mol. The number of hydrogen-bond donors (Lipinski definition) is 0. The third kappa shape index (κ3) is 3.01. The lowest BCUT2D eigenvalue weighted by molar-refractivity contribution is 0.557. The Morgan fingerprint density at radius 3 is 2.24 bits per heavy atom. The van der Waals surface area contributed by atoms with Crippen molar-refractivity contribution in [1.82, 2.24) is 4.98 Å². The van der Waals surface area contributed by atoms with Crippen LogP contribution in [0.3, 0.4) is 0 Å². The Bertz CT molecular complexity index is 977. The normalized spacial score (nSPS) is 12.2. The average Bonchev–Trinajstić information content (AvgIpc) is 3.11. The molecule has 0 aliphatic carbocycles. The van der Waals surface area contributed by atoms with E-state index >= 15 is 0 Å². The lowest BCUT2D eigenvalue weighted by Crippen LogP contribution is -2.21. The highest BCUT2D eigenvalue weighted by atomic mass is 16.4. The zero-order valence-electron chi connectivity index (χ0n) is 14.4. The SMILES string of the molecule is CC(c1ccccc1)N(C)c1nc2cc(-c3ccccc3)ccc2o1. The summed E-state index contributed by atoms with van der Waals surface area (Å²) in [4.78, 5) is 6.77. The van der Waals surface area contributed by atoms with E-state index in [0.717, 1.165) is 16.7 Å². The molecule has 1 aromatic heterocycles. The van der Waals surface area contributed by atoms with Crippen LogP contribution >= 0.6 is 0 Å². The first kappa shape index (κ1) is 15.5. The summed E-state index contributed by atoms with van der Waals surface area (Å²) in [6.07, 6.45) is 0. The van der Waals surface area contributed by atoms with Crippen LogP contribution in [-0.4, -0.2) is 12.0 Å². The van der Waals surface area contributed by atoms with Crippen molar-refractivity contribution in [3.63, 3.8) is 0 Å². The van der Waals surface area contributed by atoms with E-state index in [1.54, 1.807) is 0 Å². The molecule has 3 aromatic carbocycles. The molecule has 3 heteroatoms. The van der Waals surface area contributed by atoms with Gasteiger partial charge in [-0.25, -0.2) is 0 Å². The smallest absolute Gasteiger partial charge is 0.298 e. The second-order valence-electron chi connectivity index (χ2n) is 6.24. The molecular formula is C22H20N2O. The van der Waals surface area contributed by atoms with Gasteiger partial charge in [0.1, 0.15) is 5.52 Å². The van der Waals surface area contributed by atoms with Gasteiger partial charge in [0.2, 0.25) is 0 Å². The molecule has 0 aliphatic rings. The molecule has 1 unspecified atom stereocenters. The Balaban J connectivity index is 1.67. The van der Waals surface area contributed by atoms with Crippen molar-refractivity contribution in [2.45, 2.75) is 13.0 Å². The predicted molar refractivity (Wildman–Crippen MR) is 103 cm³/mol. The molecule has 0 amide bonds. The van der Waals surface area contributed by atoms with Crippen molar-refractivity contribution < 1.29 is 4.42 Å². The van der Waals surface area contributed by atoms with Crippen molar-refractivity contribution in [1.29, 1.82) is 0 Å². The van der Waals surface area contributed by atoms with Crippen molar-refractivity contribution in [3.05, 3.63) is 84.4 Å². The van der Waals surface area contributed by atoms with E-state index in [1.165, 1.54) is 11.1 Å². The maximum atomic E-state index is 5.98. The summed E-state index contributed by atoms with van der Waals surface area (Å²) >= 11 is 0. The maximum Gasteiger partial charge on any atom is 0.298 e. The quantitative estimate of drug-likeness (QED) is 0.482. The second-order valence-corrected chi connectivity index (χ2v) is 6.24. The van der Waals surface area contributed by atoms with Crippen molar-refractivity contribution in [2.24, 2.45) is 0 Å². The molecule has 3 nitrogen and oxygen atoms in total. The number of aromatic nitrogens is 1. The van der Waals surface area contributed by atoms with Crippen LogP contribution in [0.2, 0.25) is 0 Å². The molecule has 0 fully saturated rings. The summed E-state index contributed by atoms with van der Waals surface area (Å²) in [6, 6.07) is 27.7. The minimum absolute atomic E-state index is 0.183. The zero-order valence-corrected chi connectivity index (χ0v) is 14.4. The van der Waals surface area contributed by atoms with E-state index < -0.39 is 0 Å². The number of oxazole rings is 1. The van der Waals surface area contributed by atoms with Crippen LogP contribution in [0.15, 0.2) is 83.3 Å². The molecule has 1 heterocycles. The van der Waals surface area contributed by atoms with E-state index in [2.05, 4.69) is 60.4 Å². The van der Waals surface area contributed by atoms with Gasteiger partial charge in [-0.2, -0.15) is 4.98 Å². The second kappa shape index (κ2) is 6.44. The van der Waals surface area contributed by atoms with Crippen LogP contribution in [0.25, 0.3) is 22.2 Å². The first-order valence-corrected chi connectivity index (χ1v) is 8.46. The van der Waals surface area contributed by atoms with E-state index in [9.17, 15) is 0 Å². The van der Waals surface area contributed by atoms with Gasteiger partial charge in [0.15, 0.2) is 5.58 Å². The lowest BCUT2D eigenvalue weighted by Gasteiger charge is -2.23. The zero-order chi connectivity index (χ0) is 17.2. The number of rotatable bonds is 4. The minimum atomic E-state index is 0.183. The van der Waals surface area contributed by atoms with E-state index in [-0.39, 0.29) is 6.04 Å². The highest BCUT2D eigenvalue weighted by molar-refractivity contribution is 5.81. The molecule has 0 saturated carbocycles. The largest absolute Gasteiger partial charge is 0.423 e. The summed E-state index contributed by atoms with van der Waals surface area (Å²) in [7, 11) is 2.01. The summed E-state index contributed by atoms with van der Waals surface area (Å²) < 4.78 is 5.98. The van der Waals surface area contributed by atoms with Crippen molar-refractivity contribution in [3.8, 4) is 11.1 Å². The Morgan fingerprint density at radius 1 is 0.840 bits per heavy atom. The number of benzene rings is 3. The maximum absolute atomic E-state index is 5.98. The van der Waals surface area contributed by atoms with Gasteiger partial charge in [-0.3, -0.25) is 0 Å². The van der Waals surface area contributed by atoms with Gasteiger partial charge in [0.05, 0.1) is 6.04 Å². The Hall–Kier alpha value is -3.07. The Labute approximate surface area is 147 Å². The number of hydrogen-bond acceptors (Lipinski definition) is 3. The summed E-state index contributed by atoms with van der Waals surface area (Å²) in [6.45, 7) is 2.15. The van der Waals surface area contributed by atoms with E-state index in [1.807, 2.05) is 37.4 Å². The van der Waals surface area contributed by atoms with Crippen LogP contribution in [0.4, 0.5) is 6.01 Å². The average molecular weight is 328 g/mol. The van der Waals surface area contributed by atoms with Gasteiger partial charge in [0, 0.05) is 7.05 Å². The Kier molecular flexibility index (Phi) is 3.98. The van der Waals surface area contributed by atoms with Crippen LogP contribution < -0.4 is 4.90 Å². The van der Waals surface area contributed by atoms with Crippen molar-refractivity contribution in [2.75, 3.05) is 11.9 Å². The number of anilines is 1. The van der Waals surface area contributed by atoms with E-state index in [0.29, 0.717) is 6.01 Å². The van der Waals surface area contributed by atoms with Crippen LogP contribution in [-0.2, 0) is 0 Å². The molecule has 124 valence electrons. The number of nitrogens with zero attached hydrogens (tertiary/aromatic N) is 2. The first-order valence-electron chi connectivity index (χ1n) is 8.46. The van der Waals surface area contributed by atoms with Crippen molar-refractivity contribution >= 4 is 17.1 Å². The topological polar surface area (TPSA) is 29.3 Å². The molecule has 0 radical (unpaired) electrons. The standard InChI is InChI=1S/C22H20N2O/c1-16(17-9-5-3-6-10-17)24(2)22-23-20-15-19(13-14-21(20)25-22)18-11-7-4-8-12-18/h3-16H,1-2H3. The molecule has 0 bridgehead atoms. The molecule has 1 atom stereocenters. The molecule has 4 aromatic rings. The van der Waals surface area contributed by atoms with Crippen LogP contribution in [0, 0.1) is 0 Å². The molecule has 0 saturated heterocycles. The first-order chi connectivity index (χ1) is 12.2. The molecule has 25 heavy (non-hydrogen) atoms. The van der Waals surface area contributed by atoms with Gasteiger partial charge in [0.25, 0.3) is 6.01 Å². The van der Waals surface area contributed by atoms with Crippen LogP contribution in [0.1, 0.15) is 18.5 Å². The minimum Gasteiger partial charge on any atom is -0.423 e.